The van der Waals surface area contributed by atoms with Gasteiger partial charge in [0.05, 0.1) is 0 Å². The number of piperidine rings is 1. The summed E-state index contributed by atoms with van der Waals surface area (Å²) in [5, 5.41) is 6.57. The van der Waals surface area contributed by atoms with Crippen molar-refractivity contribution in [2.24, 2.45) is 7.05 Å². The summed E-state index contributed by atoms with van der Waals surface area (Å²) in [6.45, 7) is 1.19. The van der Waals surface area contributed by atoms with E-state index in [1.54, 1.807) is 24.0 Å². The quantitative estimate of drug-likeness (QED) is 0.896. The predicted molar refractivity (Wildman–Crippen MR) is 79.9 cm³/mol. The summed E-state index contributed by atoms with van der Waals surface area (Å²) < 4.78 is 41.3. The monoisotopic (exact) mass is 346 g/mol. The highest BCUT2D eigenvalue weighted by molar-refractivity contribution is 5.77. The Bertz CT molecular complexity index is 600. The van der Waals surface area contributed by atoms with Crippen molar-refractivity contribution in [1.29, 1.82) is 0 Å². The van der Waals surface area contributed by atoms with Gasteiger partial charge in [0.25, 0.3) is 0 Å². The first kappa shape index (κ1) is 18.3. The van der Waals surface area contributed by atoms with E-state index in [2.05, 4.69) is 10.4 Å². The molecular formula is C15H21F3N4O2. The average molecular weight is 346 g/mol. The molecule has 0 spiro atoms. The second kappa shape index (κ2) is 7.23. The fraction of sp³-hybridized carbons (Fsp3) is 0.667. The zero-order valence-electron chi connectivity index (χ0n) is 13.6. The summed E-state index contributed by atoms with van der Waals surface area (Å²) in [5.74, 6) is -0.874. The zero-order chi connectivity index (χ0) is 17.9. The smallest absolute Gasteiger partial charge is 0.352 e. The standard InChI is InChI=1S/C15H21F3N4O2/c1-10(23)20-11-3-5-13(15(16,17)18)22(9-11)14(24)6-4-12-7-8-19-21(12)2/h7-8,11,13H,3-6,9H2,1-2H3,(H,20,23)/t11-,13-/m1/s1. The highest BCUT2D eigenvalue weighted by Gasteiger charge is 2.47. The molecule has 134 valence electrons. The van der Waals surface area contributed by atoms with Crippen LogP contribution in [0.2, 0.25) is 0 Å². The molecule has 2 atom stereocenters. The maximum atomic E-state index is 13.2. The fourth-order valence-corrected chi connectivity index (χ4v) is 3.02. The Kier molecular flexibility index (Phi) is 5.51. The first-order valence-corrected chi connectivity index (χ1v) is 7.78. The summed E-state index contributed by atoms with van der Waals surface area (Å²) in [6, 6.07) is -0.506. The molecule has 1 saturated heterocycles. The van der Waals surface area contributed by atoms with Crippen molar-refractivity contribution in [3.8, 4) is 0 Å². The number of amides is 2. The van der Waals surface area contributed by atoms with Crippen LogP contribution >= 0.6 is 0 Å². The van der Waals surface area contributed by atoms with Crippen LogP contribution in [0.25, 0.3) is 0 Å². The molecule has 6 nitrogen and oxygen atoms in total. The number of hydrogen-bond donors (Lipinski definition) is 1. The molecule has 0 radical (unpaired) electrons. The summed E-state index contributed by atoms with van der Waals surface area (Å²) in [5.41, 5.74) is 0.780. The van der Waals surface area contributed by atoms with Crippen LogP contribution in [-0.2, 0) is 23.1 Å². The lowest BCUT2D eigenvalue weighted by Gasteiger charge is -2.40. The molecule has 1 aliphatic heterocycles. The summed E-state index contributed by atoms with van der Waals surface area (Å²) in [6.07, 6.45) is -2.60. The molecule has 0 saturated carbocycles. The Morgan fingerprint density at radius 3 is 2.62 bits per heavy atom. The molecule has 2 heterocycles. The van der Waals surface area contributed by atoms with E-state index >= 15 is 0 Å². The van der Waals surface area contributed by atoms with E-state index in [4.69, 9.17) is 0 Å². The maximum Gasteiger partial charge on any atom is 0.408 e. The van der Waals surface area contributed by atoms with E-state index in [0.717, 1.165) is 10.6 Å². The SMILES string of the molecule is CC(=O)N[C@@H]1CC[C@H](C(F)(F)F)N(C(=O)CCc2ccnn2C)C1. The minimum Gasteiger partial charge on any atom is -0.352 e. The number of nitrogens with zero attached hydrogens (tertiary/aromatic N) is 3. The van der Waals surface area contributed by atoms with Gasteiger partial charge in [0.1, 0.15) is 6.04 Å². The Morgan fingerprint density at radius 1 is 1.38 bits per heavy atom. The summed E-state index contributed by atoms with van der Waals surface area (Å²) in [4.78, 5) is 24.4. The van der Waals surface area contributed by atoms with E-state index in [0.29, 0.717) is 6.42 Å². The Balaban J connectivity index is 2.06. The highest BCUT2D eigenvalue weighted by atomic mass is 19.4. The second-order valence-corrected chi connectivity index (χ2v) is 6.02. The first-order valence-electron chi connectivity index (χ1n) is 7.78. The van der Waals surface area contributed by atoms with E-state index in [9.17, 15) is 22.8 Å². The molecule has 0 unspecified atom stereocenters. The molecule has 1 aliphatic rings. The molecule has 2 amide bonds. The molecule has 9 heteroatoms. The van der Waals surface area contributed by atoms with Gasteiger partial charge in [-0.2, -0.15) is 18.3 Å². The third-order valence-electron chi connectivity index (χ3n) is 4.20. The lowest BCUT2D eigenvalue weighted by molar-refractivity contribution is -0.197. The van der Waals surface area contributed by atoms with Crippen LogP contribution in [0.15, 0.2) is 12.3 Å². The van der Waals surface area contributed by atoms with Crippen LogP contribution < -0.4 is 5.32 Å². The van der Waals surface area contributed by atoms with Crippen LogP contribution in [0.4, 0.5) is 13.2 Å². The number of aryl methyl sites for hydroxylation is 2. The van der Waals surface area contributed by atoms with Gasteiger partial charge in [0, 0.05) is 44.9 Å². The van der Waals surface area contributed by atoms with Crippen molar-refractivity contribution >= 4 is 11.8 Å². The number of aromatic nitrogens is 2. The number of nitrogens with one attached hydrogen (secondary N) is 1. The molecule has 24 heavy (non-hydrogen) atoms. The van der Waals surface area contributed by atoms with Crippen molar-refractivity contribution in [1.82, 2.24) is 20.0 Å². The van der Waals surface area contributed by atoms with Gasteiger partial charge < -0.3 is 10.2 Å². The Labute approximate surface area is 138 Å². The topological polar surface area (TPSA) is 67.2 Å². The van der Waals surface area contributed by atoms with Crippen molar-refractivity contribution in [2.45, 2.75) is 50.9 Å². The number of hydrogen-bond acceptors (Lipinski definition) is 3. The Hall–Kier alpha value is -2.06. The van der Waals surface area contributed by atoms with Crippen LogP contribution in [0, 0.1) is 0 Å². The minimum atomic E-state index is -4.47. The molecule has 1 N–H and O–H groups in total. The minimum absolute atomic E-state index is 0.0289. The normalized spacial score (nSPS) is 21.6. The molecule has 1 aromatic heterocycles. The van der Waals surface area contributed by atoms with Gasteiger partial charge in [-0.05, 0) is 25.3 Å². The van der Waals surface area contributed by atoms with Gasteiger partial charge in [0.2, 0.25) is 11.8 Å². The van der Waals surface area contributed by atoms with Gasteiger partial charge >= 0.3 is 6.18 Å². The predicted octanol–water partition coefficient (Wildman–Crippen LogP) is 1.41. The molecule has 0 aromatic carbocycles. The van der Waals surface area contributed by atoms with Gasteiger partial charge in [-0.3, -0.25) is 14.3 Å². The number of carbonyl (C=O) groups is 2. The number of halogens is 3. The van der Waals surface area contributed by atoms with Crippen LogP contribution in [-0.4, -0.2) is 51.3 Å². The van der Waals surface area contributed by atoms with Crippen LogP contribution in [0.3, 0.4) is 0 Å². The van der Waals surface area contributed by atoms with E-state index in [1.807, 2.05) is 0 Å². The number of rotatable bonds is 4. The van der Waals surface area contributed by atoms with Gasteiger partial charge in [-0.15, -0.1) is 0 Å². The second-order valence-electron chi connectivity index (χ2n) is 6.02. The fourth-order valence-electron chi connectivity index (χ4n) is 3.02. The molecule has 0 bridgehead atoms. The maximum absolute atomic E-state index is 13.2. The third kappa shape index (κ3) is 4.48. The van der Waals surface area contributed by atoms with Gasteiger partial charge in [-0.25, -0.2) is 0 Å². The van der Waals surface area contributed by atoms with Crippen molar-refractivity contribution < 1.29 is 22.8 Å². The molecule has 2 rings (SSSR count). The molecular weight excluding hydrogens is 325 g/mol. The Morgan fingerprint density at radius 2 is 2.08 bits per heavy atom. The van der Waals surface area contributed by atoms with Gasteiger partial charge in [-0.1, -0.05) is 0 Å². The largest absolute Gasteiger partial charge is 0.408 e. The van der Waals surface area contributed by atoms with E-state index in [-0.39, 0.29) is 31.7 Å². The summed E-state index contributed by atoms with van der Waals surface area (Å²) >= 11 is 0. The third-order valence-corrected chi connectivity index (χ3v) is 4.20. The molecule has 0 aliphatic carbocycles. The molecule has 1 aromatic rings. The van der Waals surface area contributed by atoms with Crippen molar-refractivity contribution in [3.05, 3.63) is 18.0 Å². The van der Waals surface area contributed by atoms with Crippen LogP contribution in [0.1, 0.15) is 31.9 Å². The zero-order valence-corrected chi connectivity index (χ0v) is 13.6. The first-order chi connectivity index (χ1) is 11.2. The van der Waals surface area contributed by atoms with E-state index < -0.39 is 24.2 Å². The highest BCUT2D eigenvalue weighted by Crippen LogP contribution is 2.32. The lowest BCUT2D eigenvalue weighted by Crippen LogP contribution is -2.58. The molecule has 1 fully saturated rings. The number of likely N-dealkylation sites (tertiary alicyclic amines) is 1. The average Bonchev–Trinajstić information content (AvgIpc) is 2.88. The number of alkyl halides is 3. The van der Waals surface area contributed by atoms with Crippen molar-refractivity contribution in [3.63, 3.8) is 0 Å². The van der Waals surface area contributed by atoms with Crippen molar-refractivity contribution in [2.75, 3.05) is 6.54 Å². The summed E-state index contributed by atoms with van der Waals surface area (Å²) in [7, 11) is 1.71. The number of carbonyl (C=O) groups excluding carboxylic acids is 2. The van der Waals surface area contributed by atoms with E-state index in [1.165, 1.54) is 6.92 Å². The van der Waals surface area contributed by atoms with Crippen LogP contribution in [0.5, 0.6) is 0 Å². The lowest BCUT2D eigenvalue weighted by atomic mass is 9.96. The van der Waals surface area contributed by atoms with Gasteiger partial charge in [0.15, 0.2) is 0 Å².